The Hall–Kier alpha value is -1.60. The van der Waals surface area contributed by atoms with Crippen molar-refractivity contribution >= 4 is 23.6 Å². The highest BCUT2D eigenvalue weighted by molar-refractivity contribution is 7.99. The van der Waals surface area contributed by atoms with Gasteiger partial charge in [-0.05, 0) is 12.1 Å². The SMILES string of the molecule is O=C(CCSc1ccccc1F)NCC[C@H](O)C(=O)O. The first kappa shape index (κ1) is 16.5. The van der Waals surface area contributed by atoms with Crippen LogP contribution in [0.3, 0.4) is 0 Å². The average molecular weight is 301 g/mol. The number of amides is 1. The van der Waals surface area contributed by atoms with Crippen LogP contribution in [0.1, 0.15) is 12.8 Å². The zero-order chi connectivity index (χ0) is 15.0. The molecule has 0 unspecified atom stereocenters. The van der Waals surface area contributed by atoms with E-state index < -0.39 is 12.1 Å². The van der Waals surface area contributed by atoms with Gasteiger partial charge in [0, 0.05) is 30.0 Å². The molecule has 0 aliphatic carbocycles. The largest absolute Gasteiger partial charge is 0.479 e. The summed E-state index contributed by atoms with van der Waals surface area (Å²) in [6.45, 7) is 0.0939. The van der Waals surface area contributed by atoms with Crippen LogP contribution in [0, 0.1) is 5.82 Å². The molecule has 0 aliphatic heterocycles. The minimum absolute atomic E-state index is 0.0401. The van der Waals surface area contributed by atoms with Crippen molar-refractivity contribution in [1.29, 1.82) is 0 Å². The van der Waals surface area contributed by atoms with Crippen molar-refractivity contribution in [1.82, 2.24) is 5.32 Å². The molecule has 1 atom stereocenters. The molecule has 20 heavy (non-hydrogen) atoms. The van der Waals surface area contributed by atoms with Crippen LogP contribution in [-0.2, 0) is 9.59 Å². The molecule has 110 valence electrons. The van der Waals surface area contributed by atoms with Gasteiger partial charge in [-0.15, -0.1) is 11.8 Å². The van der Waals surface area contributed by atoms with Gasteiger partial charge < -0.3 is 15.5 Å². The van der Waals surface area contributed by atoms with Gasteiger partial charge in [0.1, 0.15) is 5.82 Å². The number of nitrogens with one attached hydrogen (secondary N) is 1. The number of aliphatic carboxylic acids is 1. The molecule has 1 amide bonds. The van der Waals surface area contributed by atoms with E-state index in [1.54, 1.807) is 18.2 Å². The summed E-state index contributed by atoms with van der Waals surface area (Å²) < 4.78 is 13.3. The first-order valence-corrected chi connectivity index (χ1v) is 7.04. The molecule has 0 heterocycles. The van der Waals surface area contributed by atoms with Gasteiger partial charge in [0.25, 0.3) is 0 Å². The number of aliphatic hydroxyl groups is 1. The molecule has 0 bridgehead atoms. The molecule has 3 N–H and O–H groups in total. The minimum Gasteiger partial charge on any atom is -0.479 e. The number of halogens is 1. The van der Waals surface area contributed by atoms with Crippen molar-refractivity contribution in [2.75, 3.05) is 12.3 Å². The van der Waals surface area contributed by atoms with Crippen LogP contribution in [0.2, 0.25) is 0 Å². The summed E-state index contributed by atoms with van der Waals surface area (Å²) in [5, 5.41) is 19.9. The monoisotopic (exact) mass is 301 g/mol. The molecule has 0 fully saturated rings. The van der Waals surface area contributed by atoms with E-state index in [-0.39, 0.29) is 31.1 Å². The van der Waals surface area contributed by atoms with Crippen molar-refractivity contribution in [3.8, 4) is 0 Å². The summed E-state index contributed by atoms with van der Waals surface area (Å²) in [5.41, 5.74) is 0. The number of carbonyl (C=O) groups is 2. The number of carboxylic acids is 1. The Labute approximate surface area is 120 Å². The van der Waals surface area contributed by atoms with Crippen LogP contribution in [0.4, 0.5) is 4.39 Å². The van der Waals surface area contributed by atoms with Crippen LogP contribution in [0.15, 0.2) is 29.2 Å². The standard InChI is InChI=1S/C13H16FNO4S/c14-9-3-1-2-4-11(9)20-8-6-12(17)15-7-5-10(16)13(18)19/h1-4,10,16H,5-8H2,(H,15,17)(H,18,19)/t10-/m0/s1. The number of aliphatic hydroxyl groups excluding tert-OH is 1. The predicted molar refractivity (Wildman–Crippen MR) is 73.0 cm³/mol. The van der Waals surface area contributed by atoms with Gasteiger partial charge in [0.05, 0.1) is 0 Å². The van der Waals surface area contributed by atoms with Crippen LogP contribution in [0.5, 0.6) is 0 Å². The van der Waals surface area contributed by atoms with Crippen molar-refractivity contribution in [3.63, 3.8) is 0 Å². The summed E-state index contributed by atoms with van der Waals surface area (Å²) >= 11 is 1.24. The minimum atomic E-state index is -1.47. The second-order valence-corrected chi connectivity index (χ2v) is 5.16. The molecule has 0 aliphatic rings. The Kier molecular flexibility index (Phi) is 7.03. The van der Waals surface area contributed by atoms with Gasteiger partial charge in [0.2, 0.25) is 5.91 Å². The van der Waals surface area contributed by atoms with Crippen LogP contribution in [0.25, 0.3) is 0 Å². The topological polar surface area (TPSA) is 86.6 Å². The third-order valence-corrected chi connectivity index (χ3v) is 3.50. The third kappa shape index (κ3) is 6.03. The van der Waals surface area contributed by atoms with Crippen molar-refractivity contribution < 1.29 is 24.2 Å². The molecular weight excluding hydrogens is 285 g/mol. The fourth-order valence-electron chi connectivity index (χ4n) is 1.38. The first-order valence-electron chi connectivity index (χ1n) is 6.05. The molecule has 1 aromatic rings. The fourth-order valence-corrected chi connectivity index (χ4v) is 2.26. The average Bonchev–Trinajstić information content (AvgIpc) is 2.40. The molecule has 0 saturated carbocycles. The quantitative estimate of drug-likeness (QED) is 0.629. The highest BCUT2D eigenvalue weighted by atomic mass is 32.2. The molecule has 0 aromatic heterocycles. The van der Waals surface area contributed by atoms with E-state index in [0.717, 1.165) is 0 Å². The number of rotatable bonds is 8. The Morgan fingerprint density at radius 2 is 2.05 bits per heavy atom. The van der Waals surface area contributed by atoms with Crippen LogP contribution < -0.4 is 5.32 Å². The maximum atomic E-state index is 13.3. The van der Waals surface area contributed by atoms with Gasteiger partial charge >= 0.3 is 5.97 Å². The lowest BCUT2D eigenvalue weighted by atomic mass is 10.2. The normalized spacial score (nSPS) is 11.9. The Balaban J connectivity index is 2.18. The summed E-state index contributed by atoms with van der Waals surface area (Å²) in [5.74, 6) is -1.46. The zero-order valence-corrected chi connectivity index (χ0v) is 11.5. The summed E-state index contributed by atoms with van der Waals surface area (Å²) in [7, 11) is 0. The molecule has 1 rings (SSSR count). The fraction of sp³-hybridized carbons (Fsp3) is 0.385. The molecular formula is C13H16FNO4S. The van der Waals surface area contributed by atoms with Gasteiger partial charge in [-0.25, -0.2) is 9.18 Å². The van der Waals surface area contributed by atoms with E-state index in [4.69, 9.17) is 10.2 Å². The number of carboxylic acid groups (broad SMARTS) is 1. The maximum Gasteiger partial charge on any atom is 0.332 e. The van der Waals surface area contributed by atoms with E-state index in [1.807, 2.05) is 0 Å². The third-order valence-electron chi connectivity index (χ3n) is 2.45. The number of thioether (sulfide) groups is 1. The molecule has 7 heteroatoms. The van der Waals surface area contributed by atoms with E-state index >= 15 is 0 Å². The van der Waals surface area contributed by atoms with Gasteiger partial charge in [-0.1, -0.05) is 12.1 Å². The number of hydrogen-bond acceptors (Lipinski definition) is 4. The van der Waals surface area contributed by atoms with Gasteiger partial charge in [0.15, 0.2) is 6.10 Å². The van der Waals surface area contributed by atoms with Crippen molar-refractivity contribution in [2.45, 2.75) is 23.8 Å². The molecule has 0 spiro atoms. The molecule has 0 radical (unpaired) electrons. The Morgan fingerprint density at radius 1 is 1.35 bits per heavy atom. The Morgan fingerprint density at radius 3 is 2.70 bits per heavy atom. The highest BCUT2D eigenvalue weighted by Crippen LogP contribution is 2.21. The van der Waals surface area contributed by atoms with E-state index in [2.05, 4.69) is 5.32 Å². The van der Waals surface area contributed by atoms with Crippen LogP contribution >= 0.6 is 11.8 Å². The lowest BCUT2D eigenvalue weighted by molar-refractivity contribution is -0.147. The molecule has 5 nitrogen and oxygen atoms in total. The van der Waals surface area contributed by atoms with E-state index in [1.165, 1.54) is 17.8 Å². The summed E-state index contributed by atoms with van der Waals surface area (Å²) in [6, 6.07) is 6.31. The lowest BCUT2D eigenvalue weighted by Gasteiger charge is -2.07. The molecule has 0 saturated heterocycles. The second kappa shape index (κ2) is 8.55. The van der Waals surface area contributed by atoms with Crippen LogP contribution in [-0.4, -0.2) is 40.5 Å². The number of benzene rings is 1. The smallest absolute Gasteiger partial charge is 0.332 e. The second-order valence-electron chi connectivity index (χ2n) is 4.02. The first-order chi connectivity index (χ1) is 9.50. The predicted octanol–water partition coefficient (Wildman–Crippen LogP) is 1.26. The van der Waals surface area contributed by atoms with E-state index in [9.17, 15) is 14.0 Å². The summed E-state index contributed by atoms with van der Waals surface area (Å²) in [4.78, 5) is 22.2. The number of carbonyl (C=O) groups excluding carboxylic acids is 1. The van der Waals surface area contributed by atoms with Crippen molar-refractivity contribution in [3.05, 3.63) is 30.1 Å². The lowest BCUT2D eigenvalue weighted by Crippen LogP contribution is -2.30. The number of hydrogen-bond donors (Lipinski definition) is 3. The maximum absolute atomic E-state index is 13.3. The van der Waals surface area contributed by atoms with Gasteiger partial charge in [-0.3, -0.25) is 4.79 Å². The van der Waals surface area contributed by atoms with E-state index in [0.29, 0.717) is 10.6 Å². The zero-order valence-electron chi connectivity index (χ0n) is 10.7. The van der Waals surface area contributed by atoms with Crippen molar-refractivity contribution in [2.24, 2.45) is 0 Å². The highest BCUT2D eigenvalue weighted by Gasteiger charge is 2.12. The summed E-state index contributed by atoms with van der Waals surface area (Å²) in [6.07, 6.45) is -1.31. The van der Waals surface area contributed by atoms with Gasteiger partial charge in [-0.2, -0.15) is 0 Å². The molecule has 1 aromatic carbocycles. The Bertz CT molecular complexity index is 469.